The highest BCUT2D eigenvalue weighted by molar-refractivity contribution is 5.95. The molecule has 1 aromatic rings. The lowest BCUT2D eigenvalue weighted by molar-refractivity contribution is -0.149. The van der Waals surface area contributed by atoms with Crippen LogP contribution in [0.3, 0.4) is 0 Å². The zero-order valence-electron chi connectivity index (χ0n) is 12.7. The minimum Gasteiger partial charge on any atom is -0.481 e. The molecule has 3 rings (SSSR count). The van der Waals surface area contributed by atoms with Crippen LogP contribution in [-0.2, 0) is 9.59 Å². The Hall–Kier alpha value is -2.44. The van der Waals surface area contributed by atoms with Crippen LogP contribution in [0.25, 0.3) is 0 Å². The van der Waals surface area contributed by atoms with Gasteiger partial charge in [0, 0.05) is 19.3 Å². The summed E-state index contributed by atoms with van der Waals surface area (Å²) < 4.78 is 0. The Morgan fingerprint density at radius 1 is 1.39 bits per heavy atom. The minimum atomic E-state index is -0.812. The molecule has 1 aliphatic heterocycles. The number of hydrogen-bond acceptors (Lipinski definition) is 4. The lowest BCUT2D eigenvalue weighted by Crippen LogP contribution is -2.41. The lowest BCUT2D eigenvalue weighted by Gasteiger charge is -2.23. The van der Waals surface area contributed by atoms with E-state index in [1.54, 1.807) is 23.1 Å². The maximum Gasteiger partial charge on any atom is 0.311 e. The summed E-state index contributed by atoms with van der Waals surface area (Å²) in [7, 11) is 0. The molecule has 7 nitrogen and oxygen atoms in total. The number of hydrogen-bond donors (Lipinski definition) is 2. The monoisotopic (exact) mass is 317 g/mol. The zero-order valence-corrected chi connectivity index (χ0v) is 12.7. The van der Waals surface area contributed by atoms with Gasteiger partial charge >= 0.3 is 5.97 Å². The topological polar surface area (TPSA) is 99.6 Å². The third-order valence-corrected chi connectivity index (χ3v) is 4.95. The Balaban J connectivity index is 1.58. The summed E-state index contributed by atoms with van der Waals surface area (Å²) in [5, 5.41) is 12.1. The molecule has 1 aromatic heterocycles. The molecule has 2 aliphatic rings. The smallest absolute Gasteiger partial charge is 0.311 e. The highest BCUT2D eigenvalue weighted by atomic mass is 16.4. The number of aromatic nitrogens is 1. The molecular weight excluding hydrogens is 298 g/mol. The fraction of sp³-hybridized carbons (Fsp3) is 0.500. The van der Waals surface area contributed by atoms with E-state index in [-0.39, 0.29) is 30.6 Å². The highest BCUT2D eigenvalue weighted by Crippen LogP contribution is 2.48. The summed E-state index contributed by atoms with van der Waals surface area (Å²) in [5.74, 6) is -1.45. The van der Waals surface area contributed by atoms with Crippen molar-refractivity contribution in [3.63, 3.8) is 0 Å². The summed E-state index contributed by atoms with van der Waals surface area (Å²) in [6.45, 7) is 0.563. The Morgan fingerprint density at radius 3 is 2.87 bits per heavy atom. The number of carboxylic acids is 1. The average molecular weight is 317 g/mol. The molecule has 2 atom stereocenters. The predicted octanol–water partition coefficient (Wildman–Crippen LogP) is 0.525. The van der Waals surface area contributed by atoms with Crippen molar-refractivity contribution in [3.05, 3.63) is 30.1 Å². The summed E-state index contributed by atoms with van der Waals surface area (Å²) >= 11 is 0. The van der Waals surface area contributed by atoms with Crippen LogP contribution in [0, 0.1) is 11.3 Å². The molecule has 23 heavy (non-hydrogen) atoms. The van der Waals surface area contributed by atoms with Gasteiger partial charge in [0.15, 0.2) is 0 Å². The van der Waals surface area contributed by atoms with Crippen LogP contribution < -0.4 is 5.32 Å². The summed E-state index contributed by atoms with van der Waals surface area (Å²) in [4.78, 5) is 41.3. The molecule has 122 valence electrons. The average Bonchev–Trinajstić information content (AvgIpc) is 3.11. The second-order valence-corrected chi connectivity index (χ2v) is 6.22. The Morgan fingerprint density at radius 2 is 2.22 bits per heavy atom. The molecule has 0 unspecified atom stereocenters. The molecule has 7 heteroatoms. The van der Waals surface area contributed by atoms with Crippen LogP contribution in [0.15, 0.2) is 24.4 Å². The maximum absolute atomic E-state index is 12.3. The van der Waals surface area contributed by atoms with Gasteiger partial charge in [-0.2, -0.15) is 0 Å². The van der Waals surface area contributed by atoms with E-state index < -0.39 is 17.3 Å². The highest BCUT2D eigenvalue weighted by Gasteiger charge is 2.55. The van der Waals surface area contributed by atoms with E-state index >= 15 is 0 Å². The van der Waals surface area contributed by atoms with Crippen LogP contribution in [-0.4, -0.2) is 52.4 Å². The number of carbonyl (C=O) groups excluding carboxylic acids is 2. The molecule has 2 N–H and O–H groups in total. The normalized spacial score (nSPS) is 25.9. The van der Waals surface area contributed by atoms with Gasteiger partial charge in [0.2, 0.25) is 5.91 Å². The van der Waals surface area contributed by atoms with Crippen LogP contribution in [0.2, 0.25) is 0 Å². The van der Waals surface area contributed by atoms with E-state index in [2.05, 4.69) is 10.3 Å². The first kappa shape index (κ1) is 15.5. The zero-order chi connectivity index (χ0) is 16.4. The largest absolute Gasteiger partial charge is 0.481 e. The van der Waals surface area contributed by atoms with E-state index in [0.29, 0.717) is 13.0 Å². The number of nitrogens with one attached hydrogen (secondary N) is 1. The van der Waals surface area contributed by atoms with Crippen molar-refractivity contribution in [1.29, 1.82) is 0 Å². The molecule has 1 saturated heterocycles. The third kappa shape index (κ3) is 2.78. The van der Waals surface area contributed by atoms with Gasteiger partial charge in [-0.3, -0.25) is 19.4 Å². The number of likely N-dealkylation sites (tertiary alicyclic amines) is 1. The van der Waals surface area contributed by atoms with Crippen LogP contribution in [0.5, 0.6) is 0 Å². The van der Waals surface area contributed by atoms with Crippen molar-refractivity contribution >= 4 is 17.8 Å². The number of carboxylic acid groups (broad SMARTS) is 1. The van der Waals surface area contributed by atoms with E-state index in [1.165, 1.54) is 6.20 Å². The maximum atomic E-state index is 12.3. The lowest BCUT2D eigenvalue weighted by atomic mass is 9.81. The van der Waals surface area contributed by atoms with Crippen LogP contribution in [0.1, 0.15) is 29.8 Å². The van der Waals surface area contributed by atoms with E-state index in [4.69, 9.17) is 0 Å². The molecule has 0 spiro atoms. The number of nitrogens with zero attached hydrogens (tertiary/aromatic N) is 2. The molecular formula is C16H19N3O4. The first-order chi connectivity index (χ1) is 11.0. The number of amides is 2. The SMILES string of the molecule is O=C(NCC(=O)N1C[C@@H]2CCC[C@@]2(C(=O)O)C1)c1ccccn1. The van der Waals surface area contributed by atoms with Crippen molar-refractivity contribution in [2.24, 2.45) is 11.3 Å². The number of aliphatic carboxylic acids is 1. The molecule has 0 radical (unpaired) electrons. The molecule has 2 fully saturated rings. The van der Waals surface area contributed by atoms with Gasteiger partial charge in [0.05, 0.1) is 12.0 Å². The molecule has 2 heterocycles. The second kappa shape index (κ2) is 5.98. The first-order valence-corrected chi connectivity index (χ1v) is 7.73. The fourth-order valence-electron chi connectivity index (χ4n) is 3.68. The van der Waals surface area contributed by atoms with Gasteiger partial charge in [-0.15, -0.1) is 0 Å². The molecule has 0 bridgehead atoms. The second-order valence-electron chi connectivity index (χ2n) is 6.22. The molecule has 0 aromatic carbocycles. The minimum absolute atomic E-state index is 0.0236. The summed E-state index contributed by atoms with van der Waals surface area (Å²) in [6, 6.07) is 4.97. The summed E-state index contributed by atoms with van der Waals surface area (Å²) in [5.41, 5.74) is -0.540. The number of carbonyl (C=O) groups is 3. The van der Waals surface area contributed by atoms with Crippen molar-refractivity contribution < 1.29 is 19.5 Å². The summed E-state index contributed by atoms with van der Waals surface area (Å²) in [6.07, 6.45) is 3.87. The predicted molar refractivity (Wildman–Crippen MR) is 80.6 cm³/mol. The van der Waals surface area contributed by atoms with E-state index in [0.717, 1.165) is 12.8 Å². The quantitative estimate of drug-likeness (QED) is 0.843. The van der Waals surface area contributed by atoms with Gasteiger partial charge in [-0.05, 0) is 30.9 Å². The third-order valence-electron chi connectivity index (χ3n) is 4.95. The Kier molecular flexibility index (Phi) is 4.02. The number of fused-ring (bicyclic) bond motifs is 1. The molecule has 1 aliphatic carbocycles. The number of pyridine rings is 1. The Bertz CT molecular complexity index is 633. The van der Waals surface area contributed by atoms with Gasteiger partial charge in [-0.1, -0.05) is 12.5 Å². The van der Waals surface area contributed by atoms with Crippen molar-refractivity contribution in [2.75, 3.05) is 19.6 Å². The van der Waals surface area contributed by atoms with E-state index in [9.17, 15) is 19.5 Å². The Labute approximate surface area is 133 Å². The van der Waals surface area contributed by atoms with E-state index in [1.807, 2.05) is 0 Å². The van der Waals surface area contributed by atoms with Crippen LogP contribution in [0.4, 0.5) is 0 Å². The number of rotatable bonds is 4. The molecule has 2 amide bonds. The van der Waals surface area contributed by atoms with Gasteiger partial charge in [-0.25, -0.2) is 0 Å². The van der Waals surface area contributed by atoms with Gasteiger partial charge < -0.3 is 15.3 Å². The first-order valence-electron chi connectivity index (χ1n) is 7.73. The standard InChI is InChI=1S/C16H19N3O4/c20-13(8-18-14(21)12-5-1-2-7-17-12)19-9-11-4-3-6-16(11,10-19)15(22)23/h1-2,5,7,11H,3-4,6,8-10H2,(H,18,21)(H,22,23)/t11-,16+/m0/s1. The van der Waals surface area contributed by atoms with Gasteiger partial charge in [0.25, 0.3) is 5.91 Å². The van der Waals surface area contributed by atoms with Gasteiger partial charge in [0.1, 0.15) is 5.69 Å². The van der Waals surface area contributed by atoms with Crippen molar-refractivity contribution in [3.8, 4) is 0 Å². The van der Waals surface area contributed by atoms with Crippen molar-refractivity contribution in [2.45, 2.75) is 19.3 Å². The molecule has 1 saturated carbocycles. The van der Waals surface area contributed by atoms with Crippen LogP contribution >= 0.6 is 0 Å². The van der Waals surface area contributed by atoms with Crippen molar-refractivity contribution in [1.82, 2.24) is 15.2 Å². The fourth-order valence-corrected chi connectivity index (χ4v) is 3.68.